The molecule has 1 atom stereocenters. The summed E-state index contributed by atoms with van der Waals surface area (Å²) in [7, 11) is 5.51. The maximum absolute atomic E-state index is 11.9. The second kappa shape index (κ2) is 4.78. The summed E-state index contributed by atoms with van der Waals surface area (Å²) < 4.78 is 0. The Morgan fingerprint density at radius 2 is 1.82 bits per heavy atom. The molecule has 0 saturated heterocycles. The molecular weight excluding hydrogens is 212 g/mol. The molecule has 0 aliphatic heterocycles. The van der Waals surface area contributed by atoms with Gasteiger partial charge in [-0.1, -0.05) is 24.3 Å². The number of aryl methyl sites for hydroxylation is 1. The van der Waals surface area contributed by atoms with E-state index in [0.29, 0.717) is 6.04 Å². The minimum atomic E-state index is 0.0920. The number of rotatable bonds is 1. The van der Waals surface area contributed by atoms with Crippen LogP contribution in [0.25, 0.3) is 0 Å². The number of hydrogen-bond acceptors (Lipinski definition) is 1. The molecule has 1 aliphatic rings. The van der Waals surface area contributed by atoms with Crippen LogP contribution in [0.2, 0.25) is 0 Å². The van der Waals surface area contributed by atoms with Gasteiger partial charge in [0.2, 0.25) is 0 Å². The Morgan fingerprint density at radius 3 is 2.47 bits per heavy atom. The minimum absolute atomic E-state index is 0.0920. The van der Waals surface area contributed by atoms with E-state index in [0.717, 1.165) is 19.3 Å². The Labute approximate surface area is 103 Å². The van der Waals surface area contributed by atoms with E-state index in [1.165, 1.54) is 11.1 Å². The smallest absolute Gasteiger partial charge is 0.319 e. The van der Waals surface area contributed by atoms with Crippen LogP contribution in [0, 0.1) is 0 Å². The van der Waals surface area contributed by atoms with Gasteiger partial charge in [0.05, 0.1) is 0 Å². The standard InChI is InChI=1S/C14H20N2O/c1-15(2)14(17)16(3)13-9-8-11-6-4-5-7-12(11)10-13/h4-7,13H,8-10H2,1-3H3. The Balaban J connectivity index is 2.10. The summed E-state index contributed by atoms with van der Waals surface area (Å²) in [5.74, 6) is 0. The number of hydrogen-bond donors (Lipinski definition) is 0. The van der Waals surface area contributed by atoms with Crippen molar-refractivity contribution in [2.45, 2.75) is 25.3 Å². The fourth-order valence-electron chi connectivity index (χ4n) is 2.48. The summed E-state index contributed by atoms with van der Waals surface area (Å²) in [6.45, 7) is 0. The minimum Gasteiger partial charge on any atom is -0.331 e. The van der Waals surface area contributed by atoms with Crippen molar-refractivity contribution in [1.29, 1.82) is 0 Å². The number of amides is 2. The van der Waals surface area contributed by atoms with Crippen molar-refractivity contribution in [3.63, 3.8) is 0 Å². The molecule has 0 radical (unpaired) electrons. The van der Waals surface area contributed by atoms with Crippen LogP contribution < -0.4 is 0 Å². The van der Waals surface area contributed by atoms with E-state index in [1.54, 1.807) is 19.0 Å². The summed E-state index contributed by atoms with van der Waals surface area (Å²) in [5.41, 5.74) is 2.83. The molecule has 92 valence electrons. The maximum Gasteiger partial charge on any atom is 0.319 e. The second-order valence-corrected chi connectivity index (χ2v) is 4.95. The predicted octanol–water partition coefficient (Wildman–Crippen LogP) is 2.16. The SMILES string of the molecule is CN(C)C(=O)N(C)C1CCc2ccccc2C1. The first-order valence-corrected chi connectivity index (χ1v) is 6.10. The summed E-state index contributed by atoms with van der Waals surface area (Å²) in [6.07, 6.45) is 3.12. The van der Waals surface area contributed by atoms with Crippen LogP contribution in [-0.2, 0) is 12.8 Å². The molecule has 0 spiro atoms. The molecule has 3 nitrogen and oxygen atoms in total. The van der Waals surface area contributed by atoms with Crippen molar-refractivity contribution in [2.24, 2.45) is 0 Å². The number of carbonyl (C=O) groups is 1. The molecule has 0 heterocycles. The first-order valence-electron chi connectivity index (χ1n) is 6.10. The van der Waals surface area contributed by atoms with Crippen LogP contribution >= 0.6 is 0 Å². The fraction of sp³-hybridized carbons (Fsp3) is 0.500. The lowest BCUT2D eigenvalue weighted by atomic mass is 9.88. The van der Waals surface area contributed by atoms with Gasteiger partial charge in [-0.15, -0.1) is 0 Å². The van der Waals surface area contributed by atoms with E-state index in [-0.39, 0.29) is 6.03 Å². The highest BCUT2D eigenvalue weighted by Crippen LogP contribution is 2.24. The van der Waals surface area contributed by atoms with Gasteiger partial charge in [0.15, 0.2) is 0 Å². The van der Waals surface area contributed by atoms with Crippen molar-refractivity contribution in [3.05, 3.63) is 35.4 Å². The molecule has 1 aliphatic carbocycles. The summed E-state index contributed by atoms with van der Waals surface area (Å²) in [6, 6.07) is 8.96. The third-order valence-electron chi connectivity index (χ3n) is 3.55. The van der Waals surface area contributed by atoms with Gasteiger partial charge in [-0.05, 0) is 30.4 Å². The molecule has 0 saturated carbocycles. The lowest BCUT2D eigenvalue weighted by Crippen LogP contribution is -2.45. The third-order valence-corrected chi connectivity index (χ3v) is 3.55. The summed E-state index contributed by atoms with van der Waals surface area (Å²) >= 11 is 0. The monoisotopic (exact) mass is 232 g/mol. The van der Waals surface area contributed by atoms with Crippen LogP contribution in [0.5, 0.6) is 0 Å². The van der Waals surface area contributed by atoms with Crippen LogP contribution in [0.1, 0.15) is 17.5 Å². The number of benzene rings is 1. The van der Waals surface area contributed by atoms with E-state index in [2.05, 4.69) is 24.3 Å². The Morgan fingerprint density at radius 1 is 1.18 bits per heavy atom. The molecule has 0 aromatic heterocycles. The lowest BCUT2D eigenvalue weighted by Gasteiger charge is -2.34. The van der Waals surface area contributed by atoms with E-state index in [9.17, 15) is 4.79 Å². The highest BCUT2D eigenvalue weighted by molar-refractivity contribution is 5.74. The van der Waals surface area contributed by atoms with Crippen LogP contribution in [0.15, 0.2) is 24.3 Å². The molecule has 0 N–H and O–H groups in total. The van der Waals surface area contributed by atoms with Gasteiger partial charge in [-0.3, -0.25) is 0 Å². The number of nitrogens with zero attached hydrogens (tertiary/aromatic N) is 2. The van der Waals surface area contributed by atoms with E-state index in [1.807, 2.05) is 11.9 Å². The van der Waals surface area contributed by atoms with Crippen molar-refractivity contribution < 1.29 is 4.79 Å². The molecular formula is C14H20N2O. The first-order chi connectivity index (χ1) is 8.09. The first kappa shape index (κ1) is 12.0. The second-order valence-electron chi connectivity index (χ2n) is 4.95. The van der Waals surface area contributed by atoms with Gasteiger partial charge < -0.3 is 9.80 Å². The molecule has 1 unspecified atom stereocenters. The maximum atomic E-state index is 11.9. The van der Waals surface area contributed by atoms with E-state index in [4.69, 9.17) is 0 Å². The van der Waals surface area contributed by atoms with Crippen molar-refractivity contribution >= 4 is 6.03 Å². The molecule has 17 heavy (non-hydrogen) atoms. The van der Waals surface area contributed by atoms with E-state index >= 15 is 0 Å². The zero-order chi connectivity index (χ0) is 12.4. The van der Waals surface area contributed by atoms with Crippen LogP contribution in [-0.4, -0.2) is 43.0 Å². The summed E-state index contributed by atoms with van der Waals surface area (Å²) in [4.78, 5) is 15.4. The van der Waals surface area contributed by atoms with Gasteiger partial charge in [-0.25, -0.2) is 4.79 Å². The molecule has 0 fully saturated rings. The van der Waals surface area contributed by atoms with Gasteiger partial charge in [-0.2, -0.15) is 0 Å². The van der Waals surface area contributed by atoms with Gasteiger partial charge >= 0.3 is 6.03 Å². The van der Waals surface area contributed by atoms with Crippen LogP contribution in [0.4, 0.5) is 4.79 Å². The van der Waals surface area contributed by atoms with Crippen molar-refractivity contribution in [3.8, 4) is 0 Å². The van der Waals surface area contributed by atoms with Gasteiger partial charge in [0, 0.05) is 27.2 Å². The zero-order valence-corrected chi connectivity index (χ0v) is 10.8. The molecule has 2 rings (SSSR count). The highest BCUT2D eigenvalue weighted by Gasteiger charge is 2.25. The zero-order valence-electron chi connectivity index (χ0n) is 10.8. The Bertz CT molecular complexity index is 414. The number of urea groups is 1. The quantitative estimate of drug-likeness (QED) is 0.728. The molecule has 1 aromatic rings. The Hall–Kier alpha value is -1.51. The van der Waals surface area contributed by atoms with E-state index < -0.39 is 0 Å². The number of likely N-dealkylation sites (N-methyl/N-ethyl adjacent to an activating group) is 1. The number of carbonyl (C=O) groups excluding carboxylic acids is 1. The third kappa shape index (κ3) is 2.43. The van der Waals surface area contributed by atoms with Gasteiger partial charge in [0.25, 0.3) is 0 Å². The van der Waals surface area contributed by atoms with Crippen molar-refractivity contribution in [1.82, 2.24) is 9.80 Å². The van der Waals surface area contributed by atoms with Crippen molar-refractivity contribution in [2.75, 3.05) is 21.1 Å². The average molecular weight is 232 g/mol. The largest absolute Gasteiger partial charge is 0.331 e. The lowest BCUT2D eigenvalue weighted by molar-refractivity contribution is 0.159. The topological polar surface area (TPSA) is 23.6 Å². The summed E-state index contributed by atoms with van der Waals surface area (Å²) in [5, 5.41) is 0. The molecule has 0 bridgehead atoms. The number of fused-ring (bicyclic) bond motifs is 1. The fourth-order valence-corrected chi connectivity index (χ4v) is 2.48. The van der Waals surface area contributed by atoms with Gasteiger partial charge in [0.1, 0.15) is 0 Å². The highest BCUT2D eigenvalue weighted by atomic mass is 16.2. The molecule has 3 heteroatoms. The normalized spacial score (nSPS) is 18.4. The predicted molar refractivity (Wildman–Crippen MR) is 69.1 cm³/mol. The molecule has 2 amide bonds. The van der Waals surface area contributed by atoms with Crippen LogP contribution in [0.3, 0.4) is 0 Å². The Kier molecular flexibility index (Phi) is 3.36. The average Bonchev–Trinajstić information content (AvgIpc) is 2.36. The molecule has 1 aromatic carbocycles.